The van der Waals surface area contributed by atoms with Gasteiger partial charge in [-0.25, -0.2) is 4.98 Å². The van der Waals surface area contributed by atoms with Crippen molar-refractivity contribution in [1.29, 1.82) is 0 Å². The van der Waals surface area contributed by atoms with Gasteiger partial charge >= 0.3 is 0 Å². The maximum Gasteiger partial charge on any atom is 0.128 e. The van der Waals surface area contributed by atoms with Gasteiger partial charge in [0.15, 0.2) is 0 Å². The number of piperazine rings is 1. The van der Waals surface area contributed by atoms with Gasteiger partial charge in [0, 0.05) is 38.9 Å². The first-order chi connectivity index (χ1) is 10.6. The van der Waals surface area contributed by atoms with Crippen LogP contribution in [0, 0.1) is 13.8 Å². The first kappa shape index (κ1) is 15.3. The van der Waals surface area contributed by atoms with Crippen molar-refractivity contribution in [3.63, 3.8) is 0 Å². The van der Waals surface area contributed by atoms with Gasteiger partial charge in [0.05, 0.1) is 5.02 Å². The molecule has 0 unspecified atom stereocenters. The second-order valence-corrected chi connectivity index (χ2v) is 6.46. The van der Waals surface area contributed by atoms with Crippen LogP contribution in [0.3, 0.4) is 0 Å². The van der Waals surface area contributed by atoms with Gasteiger partial charge in [-0.15, -0.1) is 0 Å². The van der Waals surface area contributed by atoms with E-state index in [9.17, 15) is 0 Å². The molecule has 3 rings (SSSR count). The highest BCUT2D eigenvalue weighted by Crippen LogP contribution is 2.18. The minimum absolute atomic E-state index is 0.692. The first-order valence-corrected chi connectivity index (χ1v) is 8.14. The minimum Gasteiger partial charge on any atom is -0.354 e. The number of rotatable bonds is 3. The molecule has 1 aromatic heterocycles. The monoisotopic (exact) mass is 315 g/mol. The molecule has 1 fully saturated rings. The molecule has 2 aromatic rings. The van der Waals surface area contributed by atoms with Gasteiger partial charge in [-0.05, 0) is 37.1 Å². The van der Waals surface area contributed by atoms with Gasteiger partial charge in [-0.2, -0.15) is 0 Å². The van der Waals surface area contributed by atoms with Gasteiger partial charge < -0.3 is 4.90 Å². The Balaban J connectivity index is 1.60. The van der Waals surface area contributed by atoms with Gasteiger partial charge in [-0.3, -0.25) is 4.90 Å². The summed E-state index contributed by atoms with van der Waals surface area (Å²) in [6.07, 6.45) is 1.72. The van der Waals surface area contributed by atoms with E-state index in [1.165, 1.54) is 16.7 Å². The van der Waals surface area contributed by atoms with Crippen LogP contribution in [0.1, 0.15) is 16.7 Å². The molecule has 4 heteroatoms. The summed E-state index contributed by atoms with van der Waals surface area (Å²) >= 11 is 5.90. The molecule has 0 saturated carbocycles. The number of anilines is 1. The normalized spacial score (nSPS) is 16.0. The second kappa shape index (κ2) is 6.67. The van der Waals surface area contributed by atoms with Crippen LogP contribution in [0.5, 0.6) is 0 Å². The zero-order valence-corrected chi connectivity index (χ0v) is 14.0. The van der Waals surface area contributed by atoms with Crippen LogP contribution in [0.2, 0.25) is 5.02 Å². The van der Waals surface area contributed by atoms with Crippen molar-refractivity contribution in [3.05, 3.63) is 58.2 Å². The average Bonchev–Trinajstić information content (AvgIpc) is 2.53. The summed E-state index contributed by atoms with van der Waals surface area (Å²) in [6.45, 7) is 9.56. The highest BCUT2D eigenvalue weighted by atomic mass is 35.5. The van der Waals surface area contributed by atoms with E-state index in [1.54, 1.807) is 6.20 Å². The summed E-state index contributed by atoms with van der Waals surface area (Å²) in [6, 6.07) is 10.6. The number of benzene rings is 1. The lowest BCUT2D eigenvalue weighted by molar-refractivity contribution is 0.249. The second-order valence-electron chi connectivity index (χ2n) is 6.03. The van der Waals surface area contributed by atoms with Crippen LogP contribution in [-0.2, 0) is 6.54 Å². The third-order valence-corrected chi connectivity index (χ3v) is 4.53. The molecule has 22 heavy (non-hydrogen) atoms. The molecule has 0 radical (unpaired) electrons. The number of aromatic nitrogens is 1. The number of pyridine rings is 1. The zero-order chi connectivity index (χ0) is 15.5. The van der Waals surface area contributed by atoms with Crippen molar-refractivity contribution in [3.8, 4) is 0 Å². The molecule has 3 nitrogen and oxygen atoms in total. The van der Waals surface area contributed by atoms with Crippen molar-refractivity contribution in [1.82, 2.24) is 9.88 Å². The molecule has 0 amide bonds. The Morgan fingerprint density at radius 3 is 2.50 bits per heavy atom. The smallest absolute Gasteiger partial charge is 0.128 e. The number of nitrogens with zero attached hydrogens (tertiary/aromatic N) is 3. The summed E-state index contributed by atoms with van der Waals surface area (Å²) < 4.78 is 0. The van der Waals surface area contributed by atoms with Crippen LogP contribution >= 0.6 is 11.6 Å². The molecule has 0 N–H and O–H groups in total. The molecule has 0 spiro atoms. The molecule has 1 aliphatic heterocycles. The maximum atomic E-state index is 5.90. The lowest BCUT2D eigenvalue weighted by Crippen LogP contribution is -2.46. The SMILES string of the molecule is Cc1ccc(C)c(CN2CCN(c3ccc(Cl)cn3)CC2)c1. The minimum atomic E-state index is 0.692. The molecular formula is C18H22ClN3. The first-order valence-electron chi connectivity index (χ1n) is 7.77. The fraction of sp³-hybridized carbons (Fsp3) is 0.389. The van der Waals surface area contributed by atoms with E-state index in [4.69, 9.17) is 11.6 Å². The lowest BCUT2D eigenvalue weighted by Gasteiger charge is -2.35. The van der Waals surface area contributed by atoms with E-state index in [2.05, 4.69) is 46.8 Å². The quantitative estimate of drug-likeness (QED) is 0.861. The topological polar surface area (TPSA) is 19.4 Å². The maximum absolute atomic E-state index is 5.90. The van der Waals surface area contributed by atoms with Gasteiger partial charge in [-0.1, -0.05) is 35.4 Å². The van der Waals surface area contributed by atoms with Crippen molar-refractivity contribution in [2.75, 3.05) is 31.1 Å². The van der Waals surface area contributed by atoms with Crippen LogP contribution in [-0.4, -0.2) is 36.1 Å². The Morgan fingerprint density at radius 1 is 1.05 bits per heavy atom. The molecular weight excluding hydrogens is 294 g/mol. The Bertz CT molecular complexity index is 631. The van der Waals surface area contributed by atoms with E-state index in [1.807, 2.05) is 12.1 Å². The largest absolute Gasteiger partial charge is 0.354 e. The fourth-order valence-electron chi connectivity index (χ4n) is 2.90. The molecule has 1 aliphatic rings. The third-order valence-electron chi connectivity index (χ3n) is 4.31. The molecule has 1 aromatic carbocycles. The van der Waals surface area contributed by atoms with Crippen LogP contribution in [0.4, 0.5) is 5.82 Å². The number of hydrogen-bond donors (Lipinski definition) is 0. The van der Waals surface area contributed by atoms with Crippen molar-refractivity contribution < 1.29 is 0 Å². The highest BCUT2D eigenvalue weighted by molar-refractivity contribution is 6.30. The Hall–Kier alpha value is -1.58. The van der Waals surface area contributed by atoms with Crippen molar-refractivity contribution >= 4 is 17.4 Å². The summed E-state index contributed by atoms with van der Waals surface area (Å²) in [5.41, 5.74) is 4.16. The van der Waals surface area contributed by atoms with E-state index >= 15 is 0 Å². The fourth-order valence-corrected chi connectivity index (χ4v) is 3.01. The number of aryl methyl sites for hydroxylation is 2. The zero-order valence-electron chi connectivity index (χ0n) is 13.2. The van der Waals surface area contributed by atoms with Gasteiger partial charge in [0.2, 0.25) is 0 Å². The van der Waals surface area contributed by atoms with Gasteiger partial charge in [0.25, 0.3) is 0 Å². The molecule has 1 saturated heterocycles. The Kier molecular flexibility index (Phi) is 4.65. The summed E-state index contributed by atoms with van der Waals surface area (Å²) in [5.74, 6) is 1.02. The molecule has 0 atom stereocenters. The van der Waals surface area contributed by atoms with Crippen LogP contribution in [0.25, 0.3) is 0 Å². The van der Waals surface area contributed by atoms with E-state index in [0.717, 1.165) is 38.5 Å². The summed E-state index contributed by atoms with van der Waals surface area (Å²) in [7, 11) is 0. The highest BCUT2D eigenvalue weighted by Gasteiger charge is 2.18. The number of hydrogen-bond acceptors (Lipinski definition) is 3. The van der Waals surface area contributed by atoms with Crippen molar-refractivity contribution in [2.45, 2.75) is 20.4 Å². The summed E-state index contributed by atoms with van der Waals surface area (Å²) in [4.78, 5) is 9.26. The molecule has 116 valence electrons. The van der Waals surface area contributed by atoms with E-state index in [0.29, 0.717) is 5.02 Å². The average molecular weight is 316 g/mol. The van der Waals surface area contributed by atoms with E-state index < -0.39 is 0 Å². The predicted octanol–water partition coefficient (Wildman–Crippen LogP) is 3.67. The standard InChI is InChI=1S/C18H22ClN3/c1-14-3-4-15(2)16(11-14)13-21-7-9-22(10-8-21)18-6-5-17(19)12-20-18/h3-6,11-12H,7-10,13H2,1-2H3. The molecule has 0 bridgehead atoms. The summed E-state index contributed by atoms with van der Waals surface area (Å²) in [5, 5.41) is 0.692. The number of halogens is 1. The lowest BCUT2D eigenvalue weighted by atomic mass is 10.0. The van der Waals surface area contributed by atoms with Crippen LogP contribution in [0.15, 0.2) is 36.5 Å². The van der Waals surface area contributed by atoms with Crippen molar-refractivity contribution in [2.24, 2.45) is 0 Å². The Labute approximate surface area is 137 Å². The van der Waals surface area contributed by atoms with E-state index in [-0.39, 0.29) is 0 Å². The molecule has 2 heterocycles. The predicted molar refractivity (Wildman–Crippen MR) is 92.7 cm³/mol. The van der Waals surface area contributed by atoms with Gasteiger partial charge in [0.1, 0.15) is 5.82 Å². The molecule has 0 aliphatic carbocycles. The Morgan fingerprint density at radius 2 is 1.82 bits per heavy atom. The third kappa shape index (κ3) is 3.60. The van der Waals surface area contributed by atoms with Crippen LogP contribution < -0.4 is 4.90 Å².